The highest BCUT2D eigenvalue weighted by molar-refractivity contribution is 5.89. The van der Waals surface area contributed by atoms with E-state index in [9.17, 15) is 4.79 Å². The van der Waals surface area contributed by atoms with E-state index in [1.807, 2.05) is 36.4 Å². The predicted molar refractivity (Wildman–Crippen MR) is 123 cm³/mol. The zero-order valence-corrected chi connectivity index (χ0v) is 18.1. The summed E-state index contributed by atoms with van der Waals surface area (Å²) < 4.78 is 28.1. The van der Waals surface area contributed by atoms with Crippen LogP contribution in [0.25, 0.3) is 5.70 Å². The second kappa shape index (κ2) is 7.84. The third-order valence-corrected chi connectivity index (χ3v) is 6.16. The summed E-state index contributed by atoms with van der Waals surface area (Å²) in [6.07, 6.45) is 0.882. The number of nitrogens with one attached hydrogen (secondary N) is 1. The zero-order chi connectivity index (χ0) is 23.2. The molecule has 0 saturated carbocycles. The van der Waals surface area contributed by atoms with Crippen LogP contribution in [0, 0.1) is 5.82 Å². The molecule has 6 rings (SSSR count). The molecule has 1 N–H and O–H groups in total. The standard InChI is InChI=1S/C26H19FN4O3/c1-33-25(32)16-12-10-15(11-13-16)24-21-22(18-7-3-5-9-20(18)34-24)30-26-28-14-29-31(26)23(21)17-6-2-4-8-19(17)27/h2-14,23-24H,1H3,(H,28,29,30). The lowest BCUT2D eigenvalue weighted by molar-refractivity contribution is 0.0600. The average molecular weight is 454 g/mol. The lowest BCUT2D eigenvalue weighted by Gasteiger charge is -2.39. The molecule has 7 nitrogen and oxygen atoms in total. The molecule has 0 radical (unpaired) electrons. The third-order valence-electron chi connectivity index (χ3n) is 6.16. The van der Waals surface area contributed by atoms with Crippen molar-refractivity contribution >= 4 is 17.6 Å². The van der Waals surface area contributed by atoms with E-state index >= 15 is 4.39 Å². The van der Waals surface area contributed by atoms with E-state index in [0.717, 1.165) is 22.4 Å². The van der Waals surface area contributed by atoms with Crippen molar-refractivity contribution in [2.24, 2.45) is 0 Å². The van der Waals surface area contributed by atoms with Gasteiger partial charge >= 0.3 is 5.97 Å². The molecule has 0 amide bonds. The fourth-order valence-corrected chi connectivity index (χ4v) is 4.60. The Kier molecular flexibility index (Phi) is 4.65. The van der Waals surface area contributed by atoms with Gasteiger partial charge in [0, 0.05) is 16.7 Å². The molecule has 2 aliphatic heterocycles. The summed E-state index contributed by atoms with van der Waals surface area (Å²) in [4.78, 5) is 16.3. The minimum atomic E-state index is -0.589. The summed E-state index contributed by atoms with van der Waals surface area (Å²) in [6.45, 7) is 0. The number of ether oxygens (including phenoxy) is 2. The number of nitrogens with zero attached hydrogens (tertiary/aromatic N) is 3. The van der Waals surface area contributed by atoms with Crippen molar-refractivity contribution in [1.29, 1.82) is 0 Å². The summed E-state index contributed by atoms with van der Waals surface area (Å²) in [7, 11) is 1.34. The maximum atomic E-state index is 15.1. The topological polar surface area (TPSA) is 78.3 Å². The minimum absolute atomic E-state index is 0.346. The number of anilines is 1. The first-order chi connectivity index (χ1) is 16.7. The number of aromatic nitrogens is 3. The molecule has 2 aliphatic rings. The molecular formula is C26H19FN4O3. The van der Waals surface area contributed by atoms with Crippen molar-refractivity contribution in [1.82, 2.24) is 14.8 Å². The van der Waals surface area contributed by atoms with Gasteiger partial charge in [0.2, 0.25) is 5.95 Å². The number of rotatable bonds is 3. The zero-order valence-electron chi connectivity index (χ0n) is 18.1. The molecule has 2 unspecified atom stereocenters. The number of fused-ring (bicyclic) bond motifs is 3. The Balaban J connectivity index is 1.58. The second-order valence-electron chi connectivity index (χ2n) is 8.02. The summed E-state index contributed by atoms with van der Waals surface area (Å²) in [5.74, 6) is 0.443. The van der Waals surface area contributed by atoms with Gasteiger partial charge in [0.05, 0.1) is 18.4 Å². The summed E-state index contributed by atoms with van der Waals surface area (Å²) in [5, 5.41) is 7.79. The van der Waals surface area contributed by atoms with E-state index in [-0.39, 0.29) is 5.82 Å². The number of carbonyl (C=O) groups excluding carboxylic acids is 1. The number of hydrogen-bond acceptors (Lipinski definition) is 6. The van der Waals surface area contributed by atoms with Crippen LogP contribution < -0.4 is 10.1 Å². The highest BCUT2D eigenvalue weighted by atomic mass is 19.1. The van der Waals surface area contributed by atoms with Gasteiger partial charge in [-0.2, -0.15) is 10.1 Å². The van der Waals surface area contributed by atoms with E-state index in [4.69, 9.17) is 9.47 Å². The van der Waals surface area contributed by atoms with Gasteiger partial charge in [-0.05, 0) is 35.9 Å². The third kappa shape index (κ3) is 3.07. The minimum Gasteiger partial charge on any atom is -0.480 e. The van der Waals surface area contributed by atoms with E-state index < -0.39 is 18.1 Å². The fraction of sp³-hybridized carbons (Fsp3) is 0.115. The van der Waals surface area contributed by atoms with Crippen LogP contribution in [-0.2, 0) is 4.74 Å². The van der Waals surface area contributed by atoms with Gasteiger partial charge in [0.15, 0.2) is 0 Å². The van der Waals surface area contributed by atoms with Crippen LogP contribution >= 0.6 is 0 Å². The Morgan fingerprint density at radius 1 is 1.06 bits per heavy atom. The first kappa shape index (κ1) is 20.2. The number of esters is 1. The molecule has 2 atom stereocenters. The van der Waals surface area contributed by atoms with Crippen molar-refractivity contribution in [2.75, 3.05) is 12.4 Å². The van der Waals surface area contributed by atoms with Gasteiger partial charge in [-0.1, -0.05) is 42.5 Å². The molecule has 3 aromatic carbocycles. The van der Waals surface area contributed by atoms with Crippen molar-refractivity contribution in [3.8, 4) is 5.75 Å². The molecular weight excluding hydrogens is 435 g/mol. The normalized spacial score (nSPS) is 18.2. The largest absolute Gasteiger partial charge is 0.480 e. The van der Waals surface area contributed by atoms with Crippen LogP contribution in [0.3, 0.4) is 0 Å². The smallest absolute Gasteiger partial charge is 0.337 e. The van der Waals surface area contributed by atoms with Crippen LogP contribution in [0.4, 0.5) is 10.3 Å². The summed E-state index contributed by atoms with van der Waals surface area (Å²) >= 11 is 0. The van der Waals surface area contributed by atoms with Gasteiger partial charge < -0.3 is 14.8 Å². The predicted octanol–water partition coefficient (Wildman–Crippen LogP) is 4.76. The van der Waals surface area contributed by atoms with E-state index in [1.54, 1.807) is 35.0 Å². The Morgan fingerprint density at radius 3 is 2.62 bits per heavy atom. The first-order valence-corrected chi connectivity index (χ1v) is 10.7. The van der Waals surface area contributed by atoms with Gasteiger partial charge in [-0.25, -0.2) is 13.9 Å². The lowest BCUT2D eigenvalue weighted by Crippen LogP contribution is -2.32. The summed E-state index contributed by atoms with van der Waals surface area (Å²) in [6, 6.07) is 20.8. The number of halogens is 1. The van der Waals surface area contributed by atoms with E-state index in [2.05, 4.69) is 15.4 Å². The Morgan fingerprint density at radius 2 is 1.82 bits per heavy atom. The van der Waals surface area contributed by atoms with E-state index in [1.165, 1.54) is 19.5 Å². The van der Waals surface area contributed by atoms with Gasteiger partial charge in [0.1, 0.15) is 30.0 Å². The maximum Gasteiger partial charge on any atom is 0.337 e. The van der Waals surface area contributed by atoms with Crippen molar-refractivity contribution in [3.05, 3.63) is 113 Å². The molecule has 34 heavy (non-hydrogen) atoms. The molecule has 1 aromatic heterocycles. The van der Waals surface area contributed by atoms with Crippen molar-refractivity contribution in [2.45, 2.75) is 12.1 Å². The molecule has 168 valence electrons. The van der Waals surface area contributed by atoms with Gasteiger partial charge in [-0.15, -0.1) is 0 Å². The molecule has 0 aliphatic carbocycles. The average Bonchev–Trinajstić information content (AvgIpc) is 3.35. The molecule has 0 fully saturated rings. The van der Waals surface area contributed by atoms with E-state index in [0.29, 0.717) is 22.8 Å². The summed E-state index contributed by atoms with van der Waals surface area (Å²) in [5.41, 5.74) is 4.16. The number of carbonyl (C=O) groups is 1. The molecule has 3 heterocycles. The second-order valence-corrected chi connectivity index (χ2v) is 8.02. The van der Waals surface area contributed by atoms with Crippen molar-refractivity contribution in [3.63, 3.8) is 0 Å². The SMILES string of the molecule is COC(=O)c1ccc(C2Oc3ccccc3C3=C2C(c2ccccc2F)n2ncnc2N3)cc1. The number of benzene rings is 3. The highest BCUT2D eigenvalue weighted by Crippen LogP contribution is 2.50. The van der Waals surface area contributed by atoms with Gasteiger partial charge in [0.25, 0.3) is 0 Å². The molecule has 0 bridgehead atoms. The maximum absolute atomic E-state index is 15.1. The van der Waals surface area contributed by atoms with Crippen molar-refractivity contribution < 1.29 is 18.7 Å². The Labute approximate surface area is 194 Å². The highest BCUT2D eigenvalue weighted by Gasteiger charge is 2.41. The Bertz CT molecular complexity index is 1440. The molecule has 4 aromatic rings. The van der Waals surface area contributed by atoms with Crippen LogP contribution in [0.2, 0.25) is 0 Å². The molecule has 0 saturated heterocycles. The van der Waals surface area contributed by atoms with Crippen LogP contribution in [0.5, 0.6) is 5.75 Å². The molecule has 0 spiro atoms. The Hall–Kier alpha value is -4.46. The van der Waals surface area contributed by atoms with Crippen LogP contribution in [0.15, 0.2) is 84.7 Å². The van der Waals surface area contributed by atoms with Gasteiger partial charge in [-0.3, -0.25) is 0 Å². The first-order valence-electron chi connectivity index (χ1n) is 10.7. The lowest BCUT2D eigenvalue weighted by atomic mass is 9.84. The number of para-hydroxylation sites is 1. The monoisotopic (exact) mass is 454 g/mol. The number of methoxy groups -OCH3 is 1. The fourth-order valence-electron chi connectivity index (χ4n) is 4.60. The van der Waals surface area contributed by atoms with Crippen LogP contribution in [-0.4, -0.2) is 27.8 Å². The molecule has 8 heteroatoms. The number of hydrogen-bond donors (Lipinski definition) is 1. The quantitative estimate of drug-likeness (QED) is 0.450. The van der Waals surface area contributed by atoms with Crippen LogP contribution in [0.1, 0.15) is 39.2 Å².